The van der Waals surface area contributed by atoms with Gasteiger partial charge in [0.15, 0.2) is 0 Å². The lowest BCUT2D eigenvalue weighted by atomic mass is 10.0. The Hall–Kier alpha value is -0.570. The van der Waals surface area contributed by atoms with Crippen LogP contribution < -0.4 is 0 Å². The van der Waals surface area contributed by atoms with Crippen molar-refractivity contribution in [2.75, 3.05) is 7.11 Å². The summed E-state index contributed by atoms with van der Waals surface area (Å²) in [5, 5.41) is 10.4. The van der Waals surface area contributed by atoms with Crippen molar-refractivity contribution in [3.63, 3.8) is 0 Å². The van der Waals surface area contributed by atoms with Gasteiger partial charge in [-0.2, -0.15) is 0 Å². The highest BCUT2D eigenvalue weighted by Crippen LogP contribution is 2.13. The summed E-state index contributed by atoms with van der Waals surface area (Å²) in [4.78, 5) is 0. The molecule has 0 bridgehead atoms. The molecule has 3 heteroatoms. The van der Waals surface area contributed by atoms with E-state index in [0.717, 1.165) is 5.56 Å². The summed E-state index contributed by atoms with van der Waals surface area (Å²) >= 11 is 5.83. The summed E-state index contributed by atoms with van der Waals surface area (Å²) in [6, 6.07) is 7.49. The summed E-state index contributed by atoms with van der Waals surface area (Å²) in [6.07, 6.45) is -0.0808. The van der Waals surface area contributed by atoms with Crippen LogP contribution in [-0.2, 0) is 11.2 Å². The Morgan fingerprint density at radius 2 is 2.21 bits per heavy atom. The molecule has 2 unspecified atom stereocenters. The normalized spacial score (nSPS) is 15.1. The highest BCUT2D eigenvalue weighted by molar-refractivity contribution is 6.30. The molecule has 1 rings (SSSR count). The van der Waals surface area contributed by atoms with Crippen molar-refractivity contribution in [1.82, 2.24) is 0 Å². The number of hydrogen-bond acceptors (Lipinski definition) is 2. The fourth-order valence-electron chi connectivity index (χ4n) is 1.23. The average molecular weight is 215 g/mol. The summed E-state index contributed by atoms with van der Waals surface area (Å²) in [5.41, 5.74) is 1.02. The van der Waals surface area contributed by atoms with Crippen molar-refractivity contribution in [3.8, 4) is 0 Å². The maximum absolute atomic E-state index is 9.69. The van der Waals surface area contributed by atoms with Crippen molar-refractivity contribution >= 4 is 11.6 Å². The quantitative estimate of drug-likeness (QED) is 0.834. The summed E-state index contributed by atoms with van der Waals surface area (Å²) in [6.45, 7) is 1.84. The van der Waals surface area contributed by atoms with E-state index >= 15 is 0 Å². The third kappa shape index (κ3) is 3.29. The Morgan fingerprint density at radius 3 is 2.79 bits per heavy atom. The van der Waals surface area contributed by atoms with E-state index in [1.54, 1.807) is 7.11 Å². The number of aliphatic hydroxyl groups excluding tert-OH is 1. The zero-order valence-electron chi connectivity index (χ0n) is 8.40. The number of benzene rings is 1. The zero-order chi connectivity index (χ0) is 10.6. The molecule has 1 aromatic rings. The smallest absolute Gasteiger partial charge is 0.0839 e. The second-order valence-corrected chi connectivity index (χ2v) is 3.78. The largest absolute Gasteiger partial charge is 0.390 e. The molecular weight excluding hydrogens is 200 g/mol. The maximum Gasteiger partial charge on any atom is 0.0839 e. The van der Waals surface area contributed by atoms with Crippen LogP contribution in [0.15, 0.2) is 24.3 Å². The molecule has 0 aliphatic rings. The van der Waals surface area contributed by atoms with Crippen LogP contribution in [0.2, 0.25) is 5.02 Å². The number of methoxy groups -OCH3 is 1. The molecule has 14 heavy (non-hydrogen) atoms. The van der Waals surface area contributed by atoms with Gasteiger partial charge in [-0.25, -0.2) is 0 Å². The summed E-state index contributed by atoms with van der Waals surface area (Å²) in [5.74, 6) is 0. The van der Waals surface area contributed by atoms with Gasteiger partial charge in [0, 0.05) is 18.6 Å². The highest BCUT2D eigenvalue weighted by Gasteiger charge is 2.13. The summed E-state index contributed by atoms with van der Waals surface area (Å²) < 4.78 is 5.03. The molecule has 0 aromatic heterocycles. The third-order valence-corrected chi connectivity index (χ3v) is 2.48. The molecule has 0 aliphatic heterocycles. The van der Waals surface area contributed by atoms with Gasteiger partial charge in [-0.1, -0.05) is 23.7 Å². The summed E-state index contributed by atoms with van der Waals surface area (Å²) in [7, 11) is 1.59. The van der Waals surface area contributed by atoms with E-state index < -0.39 is 6.10 Å². The minimum absolute atomic E-state index is 0.158. The Morgan fingerprint density at radius 1 is 1.50 bits per heavy atom. The first-order valence-corrected chi connectivity index (χ1v) is 4.96. The van der Waals surface area contributed by atoms with Gasteiger partial charge < -0.3 is 9.84 Å². The molecule has 0 fully saturated rings. The predicted molar refractivity (Wildman–Crippen MR) is 57.6 cm³/mol. The molecule has 2 nitrogen and oxygen atoms in total. The van der Waals surface area contributed by atoms with Gasteiger partial charge in [0.25, 0.3) is 0 Å². The molecular formula is C11H15ClO2. The van der Waals surface area contributed by atoms with Crippen LogP contribution in [0.25, 0.3) is 0 Å². The molecule has 78 valence electrons. The van der Waals surface area contributed by atoms with Gasteiger partial charge in [-0.15, -0.1) is 0 Å². The van der Waals surface area contributed by atoms with Gasteiger partial charge >= 0.3 is 0 Å². The number of ether oxygens (including phenoxy) is 1. The minimum Gasteiger partial charge on any atom is -0.390 e. The first-order chi connectivity index (χ1) is 6.63. The van der Waals surface area contributed by atoms with E-state index in [9.17, 15) is 5.11 Å². The maximum atomic E-state index is 9.69. The van der Waals surface area contributed by atoms with Crippen LogP contribution in [-0.4, -0.2) is 24.4 Å². The Balaban J connectivity index is 2.60. The molecule has 0 amide bonds. The number of hydrogen-bond donors (Lipinski definition) is 1. The van der Waals surface area contributed by atoms with Gasteiger partial charge in [0.05, 0.1) is 12.2 Å². The highest BCUT2D eigenvalue weighted by atomic mass is 35.5. The van der Waals surface area contributed by atoms with E-state index in [4.69, 9.17) is 16.3 Å². The molecule has 1 aromatic carbocycles. The molecule has 0 radical (unpaired) electrons. The molecule has 0 spiro atoms. The second kappa shape index (κ2) is 5.35. The number of aliphatic hydroxyl groups is 1. The second-order valence-electron chi connectivity index (χ2n) is 3.34. The lowest BCUT2D eigenvalue weighted by Crippen LogP contribution is -2.26. The first-order valence-electron chi connectivity index (χ1n) is 4.58. The Labute approximate surface area is 89.5 Å². The molecule has 0 heterocycles. The van der Waals surface area contributed by atoms with E-state index in [-0.39, 0.29) is 6.10 Å². The van der Waals surface area contributed by atoms with Crippen molar-refractivity contribution in [3.05, 3.63) is 34.9 Å². The Kier molecular flexibility index (Phi) is 4.39. The van der Waals surface area contributed by atoms with E-state index in [1.165, 1.54) is 0 Å². The minimum atomic E-state index is -0.488. The first kappa shape index (κ1) is 11.5. The van der Waals surface area contributed by atoms with Crippen molar-refractivity contribution in [1.29, 1.82) is 0 Å². The van der Waals surface area contributed by atoms with Crippen molar-refractivity contribution in [2.45, 2.75) is 25.6 Å². The monoisotopic (exact) mass is 214 g/mol. The molecule has 0 aliphatic carbocycles. The van der Waals surface area contributed by atoms with Crippen molar-refractivity contribution < 1.29 is 9.84 Å². The van der Waals surface area contributed by atoms with E-state index in [0.29, 0.717) is 11.4 Å². The van der Waals surface area contributed by atoms with Gasteiger partial charge in [-0.05, 0) is 24.6 Å². The molecule has 2 atom stereocenters. The van der Waals surface area contributed by atoms with E-state index in [2.05, 4.69) is 0 Å². The van der Waals surface area contributed by atoms with Crippen LogP contribution in [0.5, 0.6) is 0 Å². The SMILES string of the molecule is COC(C)C(O)Cc1cccc(Cl)c1. The van der Waals surface area contributed by atoms with Crippen LogP contribution >= 0.6 is 11.6 Å². The zero-order valence-corrected chi connectivity index (χ0v) is 9.16. The average Bonchev–Trinajstić information content (AvgIpc) is 2.16. The lowest BCUT2D eigenvalue weighted by molar-refractivity contribution is 0.000409. The van der Waals surface area contributed by atoms with E-state index in [1.807, 2.05) is 31.2 Å². The third-order valence-electron chi connectivity index (χ3n) is 2.25. The van der Waals surface area contributed by atoms with Crippen LogP contribution in [0.1, 0.15) is 12.5 Å². The molecule has 0 saturated carbocycles. The molecule has 1 N–H and O–H groups in total. The van der Waals surface area contributed by atoms with Crippen LogP contribution in [0.4, 0.5) is 0 Å². The van der Waals surface area contributed by atoms with Gasteiger partial charge in [-0.3, -0.25) is 0 Å². The number of rotatable bonds is 4. The lowest BCUT2D eigenvalue weighted by Gasteiger charge is -2.17. The topological polar surface area (TPSA) is 29.5 Å². The van der Waals surface area contributed by atoms with Crippen LogP contribution in [0.3, 0.4) is 0 Å². The Bertz CT molecular complexity index is 288. The van der Waals surface area contributed by atoms with Gasteiger partial charge in [0.2, 0.25) is 0 Å². The van der Waals surface area contributed by atoms with Crippen LogP contribution in [0, 0.1) is 0 Å². The fraction of sp³-hybridized carbons (Fsp3) is 0.455. The number of halogens is 1. The fourth-order valence-corrected chi connectivity index (χ4v) is 1.44. The van der Waals surface area contributed by atoms with Gasteiger partial charge in [0.1, 0.15) is 0 Å². The molecule has 0 saturated heterocycles. The standard InChI is InChI=1S/C11H15ClO2/c1-8(14-2)11(13)7-9-4-3-5-10(12)6-9/h3-6,8,11,13H,7H2,1-2H3. The predicted octanol–water partition coefficient (Wildman–Crippen LogP) is 2.28. The van der Waals surface area contributed by atoms with Crippen molar-refractivity contribution in [2.24, 2.45) is 0 Å².